The molecular weight excluding hydrogens is 299 g/mol. The molecule has 5 nitrogen and oxygen atoms in total. The number of carboxylic acid groups (broad SMARTS) is 1. The van der Waals surface area contributed by atoms with E-state index >= 15 is 0 Å². The number of amides is 1. The van der Waals surface area contributed by atoms with Crippen molar-refractivity contribution >= 4 is 17.6 Å². The van der Waals surface area contributed by atoms with E-state index in [9.17, 15) is 19.1 Å². The molecule has 0 aromatic heterocycles. The zero-order valence-corrected chi connectivity index (χ0v) is 13.3. The molecule has 0 bridgehead atoms. The molecule has 1 amide bonds. The Balaban J connectivity index is 1.60. The van der Waals surface area contributed by atoms with Gasteiger partial charge in [0.1, 0.15) is 5.82 Å². The molecule has 0 spiro atoms. The van der Waals surface area contributed by atoms with Gasteiger partial charge in [0.2, 0.25) is 5.91 Å². The molecule has 1 saturated carbocycles. The normalized spacial score (nSPS) is 26.0. The number of anilines is 1. The minimum absolute atomic E-state index is 0.0545. The van der Waals surface area contributed by atoms with Gasteiger partial charge in [-0.2, -0.15) is 0 Å². The van der Waals surface area contributed by atoms with Gasteiger partial charge in [0.25, 0.3) is 0 Å². The zero-order chi connectivity index (χ0) is 16.8. The first-order valence-electron chi connectivity index (χ1n) is 7.84. The molecule has 1 aromatic carbocycles. The highest BCUT2D eigenvalue weighted by Gasteiger charge is 2.66. The molecule has 1 heterocycles. The third-order valence-corrected chi connectivity index (χ3v) is 5.14. The molecule has 1 aliphatic carbocycles. The molecule has 3 rings (SSSR count). The molecule has 2 atom stereocenters. The Morgan fingerprint density at radius 2 is 1.65 bits per heavy atom. The lowest BCUT2D eigenvalue weighted by atomic mass is 10.1. The fraction of sp³-hybridized carbons (Fsp3) is 0.529. The molecule has 0 unspecified atom stereocenters. The van der Waals surface area contributed by atoms with Gasteiger partial charge < -0.3 is 14.9 Å². The Hall–Kier alpha value is -2.11. The Labute approximate surface area is 134 Å². The van der Waals surface area contributed by atoms with Crippen molar-refractivity contribution in [3.05, 3.63) is 30.1 Å². The van der Waals surface area contributed by atoms with E-state index in [0.29, 0.717) is 26.2 Å². The summed E-state index contributed by atoms with van der Waals surface area (Å²) in [7, 11) is 0. The highest BCUT2D eigenvalue weighted by atomic mass is 19.1. The summed E-state index contributed by atoms with van der Waals surface area (Å²) in [6, 6.07) is 6.32. The van der Waals surface area contributed by atoms with Gasteiger partial charge in [0.05, 0.1) is 11.8 Å². The number of halogens is 1. The molecule has 124 valence electrons. The standard InChI is InChI=1S/C17H21FN2O3/c1-17(2)13(14(17)16(22)23)15(21)20-9-7-19(8-10-20)12-5-3-11(18)4-6-12/h3-6,13-14H,7-10H2,1-2H3,(H,22,23)/t13-,14-/m0/s1. The lowest BCUT2D eigenvalue weighted by Crippen LogP contribution is -2.49. The number of piperazine rings is 1. The van der Waals surface area contributed by atoms with Crippen molar-refractivity contribution in [2.45, 2.75) is 13.8 Å². The van der Waals surface area contributed by atoms with Crippen LogP contribution in [0.1, 0.15) is 13.8 Å². The molecule has 1 aliphatic heterocycles. The molecule has 1 aromatic rings. The number of rotatable bonds is 3. The van der Waals surface area contributed by atoms with Gasteiger partial charge in [-0.05, 0) is 29.7 Å². The molecule has 2 fully saturated rings. The van der Waals surface area contributed by atoms with Gasteiger partial charge in [-0.25, -0.2) is 4.39 Å². The lowest BCUT2D eigenvalue weighted by Gasteiger charge is -2.36. The summed E-state index contributed by atoms with van der Waals surface area (Å²) in [6.07, 6.45) is 0. The van der Waals surface area contributed by atoms with Crippen LogP contribution in [0.5, 0.6) is 0 Å². The van der Waals surface area contributed by atoms with Crippen LogP contribution in [0.3, 0.4) is 0 Å². The molecule has 1 N–H and O–H groups in total. The third kappa shape index (κ3) is 2.78. The van der Waals surface area contributed by atoms with E-state index < -0.39 is 23.2 Å². The van der Waals surface area contributed by atoms with Crippen LogP contribution in [0.25, 0.3) is 0 Å². The molecule has 1 saturated heterocycles. The summed E-state index contributed by atoms with van der Waals surface area (Å²) in [5.74, 6) is -2.21. The number of benzene rings is 1. The van der Waals surface area contributed by atoms with E-state index in [4.69, 9.17) is 0 Å². The smallest absolute Gasteiger partial charge is 0.307 e. The first-order chi connectivity index (χ1) is 10.8. The van der Waals surface area contributed by atoms with E-state index in [0.717, 1.165) is 5.69 Å². The lowest BCUT2D eigenvalue weighted by molar-refractivity contribution is -0.142. The fourth-order valence-corrected chi connectivity index (χ4v) is 3.59. The Kier molecular flexibility index (Phi) is 3.78. The topological polar surface area (TPSA) is 60.9 Å². The average Bonchev–Trinajstić information content (AvgIpc) is 3.10. The van der Waals surface area contributed by atoms with Crippen LogP contribution >= 0.6 is 0 Å². The molecule has 6 heteroatoms. The molecule has 0 radical (unpaired) electrons. The van der Waals surface area contributed by atoms with Gasteiger partial charge in [-0.15, -0.1) is 0 Å². The number of nitrogens with zero attached hydrogens (tertiary/aromatic N) is 2. The first kappa shape index (κ1) is 15.8. The van der Waals surface area contributed by atoms with Gasteiger partial charge in [-0.1, -0.05) is 13.8 Å². The van der Waals surface area contributed by atoms with E-state index in [-0.39, 0.29) is 11.7 Å². The van der Waals surface area contributed by atoms with E-state index in [1.165, 1.54) is 12.1 Å². The van der Waals surface area contributed by atoms with Crippen molar-refractivity contribution in [2.24, 2.45) is 17.3 Å². The van der Waals surface area contributed by atoms with Gasteiger partial charge in [0, 0.05) is 31.9 Å². The maximum absolute atomic E-state index is 13.0. The van der Waals surface area contributed by atoms with Crippen LogP contribution in [0.15, 0.2) is 24.3 Å². The molecule has 2 aliphatic rings. The number of hydrogen-bond acceptors (Lipinski definition) is 3. The fourth-order valence-electron chi connectivity index (χ4n) is 3.59. The van der Waals surface area contributed by atoms with Crippen molar-refractivity contribution in [3.8, 4) is 0 Å². The second-order valence-corrected chi connectivity index (χ2v) is 6.90. The minimum Gasteiger partial charge on any atom is -0.481 e. The van der Waals surface area contributed by atoms with Crippen molar-refractivity contribution in [3.63, 3.8) is 0 Å². The average molecular weight is 320 g/mol. The van der Waals surface area contributed by atoms with E-state index in [1.54, 1.807) is 17.0 Å². The minimum atomic E-state index is -0.890. The van der Waals surface area contributed by atoms with Crippen LogP contribution in [0.2, 0.25) is 0 Å². The largest absolute Gasteiger partial charge is 0.481 e. The summed E-state index contributed by atoms with van der Waals surface area (Å²) in [5, 5.41) is 9.21. The highest BCUT2D eigenvalue weighted by molar-refractivity contribution is 5.91. The summed E-state index contributed by atoms with van der Waals surface area (Å²) < 4.78 is 13.0. The Morgan fingerprint density at radius 3 is 2.13 bits per heavy atom. The SMILES string of the molecule is CC1(C)[C@H](C(=O)O)[C@H]1C(=O)N1CCN(c2ccc(F)cc2)CC1. The van der Waals surface area contributed by atoms with Gasteiger partial charge in [0.15, 0.2) is 0 Å². The summed E-state index contributed by atoms with van der Waals surface area (Å²) in [5.41, 5.74) is 0.477. The summed E-state index contributed by atoms with van der Waals surface area (Å²) in [4.78, 5) is 27.7. The van der Waals surface area contributed by atoms with Crippen LogP contribution in [-0.2, 0) is 9.59 Å². The molecular formula is C17H21FN2O3. The predicted octanol–water partition coefficient (Wildman–Crippen LogP) is 1.83. The monoisotopic (exact) mass is 320 g/mol. The van der Waals surface area contributed by atoms with Crippen molar-refractivity contribution in [2.75, 3.05) is 31.1 Å². The van der Waals surface area contributed by atoms with Crippen molar-refractivity contribution < 1.29 is 19.1 Å². The van der Waals surface area contributed by atoms with Crippen LogP contribution in [0.4, 0.5) is 10.1 Å². The van der Waals surface area contributed by atoms with Crippen LogP contribution in [0, 0.1) is 23.1 Å². The van der Waals surface area contributed by atoms with Gasteiger partial charge >= 0.3 is 5.97 Å². The maximum atomic E-state index is 13.0. The number of aliphatic carboxylic acids is 1. The van der Waals surface area contributed by atoms with E-state index in [2.05, 4.69) is 4.90 Å². The number of hydrogen-bond donors (Lipinski definition) is 1. The number of carbonyl (C=O) groups excluding carboxylic acids is 1. The van der Waals surface area contributed by atoms with Gasteiger partial charge in [-0.3, -0.25) is 9.59 Å². The number of carbonyl (C=O) groups is 2. The quantitative estimate of drug-likeness (QED) is 0.923. The third-order valence-electron chi connectivity index (χ3n) is 5.14. The number of carboxylic acids is 1. The predicted molar refractivity (Wildman–Crippen MR) is 83.6 cm³/mol. The molecule has 23 heavy (non-hydrogen) atoms. The van der Waals surface area contributed by atoms with Crippen molar-refractivity contribution in [1.29, 1.82) is 0 Å². The second kappa shape index (κ2) is 5.51. The second-order valence-electron chi connectivity index (χ2n) is 6.90. The first-order valence-corrected chi connectivity index (χ1v) is 7.84. The zero-order valence-electron chi connectivity index (χ0n) is 13.3. The van der Waals surface area contributed by atoms with E-state index in [1.807, 2.05) is 13.8 Å². The summed E-state index contributed by atoms with van der Waals surface area (Å²) in [6.45, 7) is 6.14. The highest BCUT2D eigenvalue weighted by Crippen LogP contribution is 2.59. The summed E-state index contributed by atoms with van der Waals surface area (Å²) >= 11 is 0. The Bertz CT molecular complexity index is 621. The van der Waals surface area contributed by atoms with Crippen LogP contribution in [-0.4, -0.2) is 48.1 Å². The Morgan fingerprint density at radius 1 is 1.09 bits per heavy atom. The van der Waals surface area contributed by atoms with Crippen LogP contribution < -0.4 is 4.90 Å². The maximum Gasteiger partial charge on any atom is 0.307 e. The van der Waals surface area contributed by atoms with Crippen molar-refractivity contribution in [1.82, 2.24) is 4.90 Å².